The Morgan fingerprint density at radius 2 is 1.64 bits per heavy atom. The third-order valence-electron chi connectivity index (χ3n) is 5.74. The fourth-order valence-electron chi connectivity index (χ4n) is 4.07. The van der Waals surface area contributed by atoms with E-state index in [-0.39, 0.29) is 17.9 Å². The average molecular weight is 388 g/mol. The Balaban J connectivity index is 1.78. The summed E-state index contributed by atoms with van der Waals surface area (Å²) >= 11 is 0. The molecule has 0 aromatic heterocycles. The summed E-state index contributed by atoms with van der Waals surface area (Å²) in [6.07, 6.45) is 6.44. The minimum absolute atomic E-state index is 0.0690. The van der Waals surface area contributed by atoms with Gasteiger partial charge < -0.3 is 14.9 Å². The molecule has 1 aromatic rings. The molecule has 0 spiro atoms. The SMILES string of the molecule is CC(=O)N1CCCCCCCCN(CC(=O)N2CC(O)C2)Cc2ccccc21. The number of para-hydroxylation sites is 1. The summed E-state index contributed by atoms with van der Waals surface area (Å²) in [6.45, 7) is 5.16. The van der Waals surface area contributed by atoms with Gasteiger partial charge in [-0.1, -0.05) is 43.9 Å². The van der Waals surface area contributed by atoms with E-state index >= 15 is 0 Å². The highest BCUT2D eigenvalue weighted by molar-refractivity contribution is 5.92. The number of β-amino-alcohol motifs (C(OH)–C–C–N with tert-alkyl or cyclic N) is 1. The molecular formula is C22H33N3O3. The van der Waals surface area contributed by atoms with Gasteiger partial charge in [-0.05, 0) is 31.0 Å². The molecule has 1 saturated heterocycles. The van der Waals surface area contributed by atoms with Crippen molar-refractivity contribution in [3.05, 3.63) is 29.8 Å². The van der Waals surface area contributed by atoms with E-state index in [1.165, 1.54) is 19.3 Å². The van der Waals surface area contributed by atoms with Crippen LogP contribution in [-0.4, -0.2) is 65.5 Å². The fourth-order valence-corrected chi connectivity index (χ4v) is 4.07. The molecule has 1 N–H and O–H groups in total. The number of fused-ring (bicyclic) bond motifs is 1. The molecular weight excluding hydrogens is 354 g/mol. The molecule has 0 radical (unpaired) electrons. The van der Waals surface area contributed by atoms with Crippen LogP contribution in [0.25, 0.3) is 0 Å². The van der Waals surface area contributed by atoms with Gasteiger partial charge >= 0.3 is 0 Å². The zero-order valence-corrected chi connectivity index (χ0v) is 17.0. The monoisotopic (exact) mass is 387 g/mol. The zero-order valence-electron chi connectivity index (χ0n) is 17.0. The Kier molecular flexibility index (Phi) is 7.45. The minimum atomic E-state index is -0.371. The molecule has 2 aliphatic heterocycles. The second-order valence-corrected chi connectivity index (χ2v) is 8.08. The van der Waals surface area contributed by atoms with Crippen LogP contribution in [0.4, 0.5) is 5.69 Å². The van der Waals surface area contributed by atoms with Crippen molar-refractivity contribution in [2.45, 2.75) is 58.1 Å². The van der Waals surface area contributed by atoms with Crippen LogP contribution in [-0.2, 0) is 16.1 Å². The van der Waals surface area contributed by atoms with Gasteiger partial charge in [0, 0.05) is 38.8 Å². The van der Waals surface area contributed by atoms with Crippen molar-refractivity contribution >= 4 is 17.5 Å². The van der Waals surface area contributed by atoms with Crippen LogP contribution >= 0.6 is 0 Å². The van der Waals surface area contributed by atoms with E-state index in [2.05, 4.69) is 11.0 Å². The number of amides is 2. The highest BCUT2D eigenvalue weighted by Crippen LogP contribution is 2.24. The third-order valence-corrected chi connectivity index (χ3v) is 5.74. The van der Waals surface area contributed by atoms with E-state index in [0.717, 1.165) is 43.6 Å². The molecule has 1 fully saturated rings. The molecule has 3 rings (SSSR count). The second-order valence-electron chi connectivity index (χ2n) is 8.08. The maximum atomic E-state index is 12.6. The van der Waals surface area contributed by atoms with Crippen molar-refractivity contribution in [2.24, 2.45) is 0 Å². The number of rotatable bonds is 2. The van der Waals surface area contributed by atoms with E-state index in [1.54, 1.807) is 11.8 Å². The number of hydrogen-bond acceptors (Lipinski definition) is 4. The van der Waals surface area contributed by atoms with Gasteiger partial charge in [0.25, 0.3) is 0 Å². The maximum Gasteiger partial charge on any atom is 0.236 e. The third kappa shape index (κ3) is 5.55. The van der Waals surface area contributed by atoms with Crippen molar-refractivity contribution in [1.82, 2.24) is 9.80 Å². The number of carbonyl (C=O) groups is 2. The van der Waals surface area contributed by atoms with E-state index in [4.69, 9.17) is 0 Å². The van der Waals surface area contributed by atoms with Crippen LogP contribution in [0.15, 0.2) is 24.3 Å². The quantitative estimate of drug-likeness (QED) is 0.846. The Labute approximate surface area is 168 Å². The molecule has 2 amide bonds. The first-order valence-electron chi connectivity index (χ1n) is 10.6. The Bertz CT molecular complexity index is 673. The minimum Gasteiger partial charge on any atom is -0.389 e. The molecule has 0 atom stereocenters. The molecule has 2 aliphatic rings. The molecule has 0 bridgehead atoms. The molecule has 154 valence electrons. The van der Waals surface area contributed by atoms with Crippen molar-refractivity contribution < 1.29 is 14.7 Å². The van der Waals surface area contributed by atoms with Crippen molar-refractivity contribution in [1.29, 1.82) is 0 Å². The van der Waals surface area contributed by atoms with Gasteiger partial charge in [-0.15, -0.1) is 0 Å². The number of carbonyl (C=O) groups excluding carboxylic acids is 2. The van der Waals surface area contributed by atoms with Gasteiger partial charge in [0.2, 0.25) is 11.8 Å². The summed E-state index contributed by atoms with van der Waals surface area (Å²) < 4.78 is 0. The highest BCUT2D eigenvalue weighted by atomic mass is 16.3. The van der Waals surface area contributed by atoms with Crippen molar-refractivity contribution in [2.75, 3.05) is 37.6 Å². The number of hydrogen-bond donors (Lipinski definition) is 1. The van der Waals surface area contributed by atoms with Crippen molar-refractivity contribution in [3.8, 4) is 0 Å². The predicted molar refractivity (Wildman–Crippen MR) is 110 cm³/mol. The summed E-state index contributed by atoms with van der Waals surface area (Å²) in [6, 6.07) is 8.06. The lowest BCUT2D eigenvalue weighted by atomic mass is 10.1. The van der Waals surface area contributed by atoms with Crippen LogP contribution < -0.4 is 4.90 Å². The highest BCUT2D eigenvalue weighted by Gasteiger charge is 2.29. The predicted octanol–water partition coefficient (Wildman–Crippen LogP) is 2.40. The lowest BCUT2D eigenvalue weighted by molar-refractivity contribution is -0.142. The average Bonchev–Trinajstić information content (AvgIpc) is 2.65. The standard InChI is InChI=1S/C22H33N3O3/c1-18(26)25-13-9-5-3-2-4-8-12-23(14-19-10-6-7-11-21(19)25)17-22(28)24-15-20(27)16-24/h6-7,10-11,20,27H,2-5,8-9,12-17H2,1H3. The molecule has 6 nitrogen and oxygen atoms in total. The normalized spacial score (nSPS) is 20.4. The lowest BCUT2D eigenvalue weighted by Crippen LogP contribution is -2.55. The molecule has 1 aromatic carbocycles. The molecule has 2 heterocycles. The first-order chi connectivity index (χ1) is 13.5. The van der Waals surface area contributed by atoms with Gasteiger partial charge in [-0.2, -0.15) is 0 Å². The maximum absolute atomic E-state index is 12.6. The first kappa shape index (κ1) is 20.8. The molecule has 6 heteroatoms. The largest absolute Gasteiger partial charge is 0.389 e. The Morgan fingerprint density at radius 1 is 1.00 bits per heavy atom. The summed E-state index contributed by atoms with van der Waals surface area (Å²) in [5, 5.41) is 9.47. The van der Waals surface area contributed by atoms with Crippen LogP contribution in [0.1, 0.15) is 51.0 Å². The van der Waals surface area contributed by atoms with E-state index in [1.807, 2.05) is 23.1 Å². The number of aliphatic hydroxyl groups is 1. The van der Waals surface area contributed by atoms with Crippen molar-refractivity contribution in [3.63, 3.8) is 0 Å². The summed E-state index contributed by atoms with van der Waals surface area (Å²) in [7, 11) is 0. The van der Waals surface area contributed by atoms with E-state index in [9.17, 15) is 14.7 Å². The summed E-state index contributed by atoms with van der Waals surface area (Å²) in [5.41, 5.74) is 2.06. The molecule has 0 aliphatic carbocycles. The van der Waals surface area contributed by atoms with Crippen LogP contribution in [0.5, 0.6) is 0 Å². The summed E-state index contributed by atoms with van der Waals surface area (Å²) in [4.78, 5) is 30.7. The number of likely N-dealkylation sites (tertiary alicyclic amines) is 1. The number of benzene rings is 1. The number of nitrogens with zero attached hydrogens (tertiary/aromatic N) is 3. The van der Waals surface area contributed by atoms with Gasteiger partial charge in [0.15, 0.2) is 0 Å². The van der Waals surface area contributed by atoms with Crippen LogP contribution in [0.2, 0.25) is 0 Å². The number of anilines is 1. The summed E-state index contributed by atoms with van der Waals surface area (Å²) in [5.74, 6) is 0.148. The van der Waals surface area contributed by atoms with Gasteiger partial charge in [-0.3, -0.25) is 14.5 Å². The smallest absolute Gasteiger partial charge is 0.236 e. The lowest BCUT2D eigenvalue weighted by Gasteiger charge is -2.37. The Morgan fingerprint density at radius 3 is 2.32 bits per heavy atom. The van der Waals surface area contributed by atoms with Gasteiger partial charge in [-0.25, -0.2) is 0 Å². The fraction of sp³-hybridized carbons (Fsp3) is 0.636. The molecule has 28 heavy (non-hydrogen) atoms. The molecule has 0 unspecified atom stereocenters. The number of aliphatic hydroxyl groups excluding tert-OH is 1. The Hall–Kier alpha value is -1.92. The van der Waals surface area contributed by atoms with Gasteiger partial charge in [0.1, 0.15) is 0 Å². The van der Waals surface area contributed by atoms with Crippen LogP contribution in [0, 0.1) is 0 Å². The van der Waals surface area contributed by atoms with E-state index < -0.39 is 0 Å². The topological polar surface area (TPSA) is 64.1 Å². The second kappa shape index (κ2) is 10.0. The van der Waals surface area contributed by atoms with Crippen LogP contribution in [0.3, 0.4) is 0 Å². The van der Waals surface area contributed by atoms with E-state index in [0.29, 0.717) is 26.2 Å². The first-order valence-corrected chi connectivity index (χ1v) is 10.6. The van der Waals surface area contributed by atoms with Gasteiger partial charge in [0.05, 0.1) is 12.6 Å². The zero-order chi connectivity index (χ0) is 19.9. The molecule has 0 saturated carbocycles.